The van der Waals surface area contributed by atoms with Crippen molar-refractivity contribution in [1.29, 1.82) is 0 Å². The van der Waals surface area contributed by atoms with Crippen LogP contribution in [0.4, 0.5) is 0 Å². The Morgan fingerprint density at radius 3 is 2.61 bits per heavy atom. The molecule has 0 bridgehead atoms. The molecule has 3 aliphatic rings. The van der Waals surface area contributed by atoms with E-state index < -0.39 is 5.79 Å². The van der Waals surface area contributed by atoms with Gasteiger partial charge in [-0.15, -0.1) is 0 Å². The normalized spacial score (nSPS) is 30.1. The Morgan fingerprint density at radius 1 is 1.13 bits per heavy atom. The van der Waals surface area contributed by atoms with Crippen molar-refractivity contribution in [1.82, 2.24) is 0 Å². The molecule has 3 heteroatoms. The summed E-state index contributed by atoms with van der Waals surface area (Å²) in [4.78, 5) is 0. The van der Waals surface area contributed by atoms with Gasteiger partial charge in [-0.25, -0.2) is 0 Å². The summed E-state index contributed by atoms with van der Waals surface area (Å²) >= 11 is 0. The monoisotopic (exact) mass is 312 g/mol. The first-order chi connectivity index (χ1) is 11.0. The summed E-state index contributed by atoms with van der Waals surface area (Å²) in [6.07, 6.45) is 7.55. The molecule has 1 fully saturated rings. The third-order valence-electron chi connectivity index (χ3n) is 4.97. The van der Waals surface area contributed by atoms with Crippen molar-refractivity contribution in [2.45, 2.75) is 39.1 Å². The first-order valence-electron chi connectivity index (χ1n) is 8.47. The number of benzene rings is 1. The van der Waals surface area contributed by atoms with Crippen LogP contribution in [-0.4, -0.2) is 19.3 Å². The lowest BCUT2D eigenvalue weighted by atomic mass is 9.78. The van der Waals surface area contributed by atoms with Crippen LogP contribution in [0, 0.1) is 11.3 Å². The zero-order valence-corrected chi connectivity index (χ0v) is 14.0. The van der Waals surface area contributed by atoms with Gasteiger partial charge in [0.1, 0.15) is 11.9 Å². The van der Waals surface area contributed by atoms with E-state index in [-0.39, 0.29) is 17.4 Å². The van der Waals surface area contributed by atoms with Gasteiger partial charge in [0.2, 0.25) is 5.79 Å². The molecule has 2 aliphatic heterocycles. The van der Waals surface area contributed by atoms with Crippen molar-refractivity contribution in [3.63, 3.8) is 0 Å². The summed E-state index contributed by atoms with van der Waals surface area (Å²) in [5.41, 5.74) is 2.36. The van der Waals surface area contributed by atoms with E-state index >= 15 is 0 Å². The number of allylic oxidation sites excluding steroid dienone is 2. The Balaban J connectivity index is 1.82. The van der Waals surface area contributed by atoms with Crippen LogP contribution in [0.5, 0.6) is 5.75 Å². The van der Waals surface area contributed by atoms with Crippen LogP contribution in [0.2, 0.25) is 0 Å². The van der Waals surface area contributed by atoms with Crippen LogP contribution >= 0.6 is 0 Å². The molecular weight excluding hydrogens is 288 g/mol. The highest BCUT2D eigenvalue weighted by molar-refractivity contribution is 5.44. The summed E-state index contributed by atoms with van der Waals surface area (Å²) in [7, 11) is 0. The van der Waals surface area contributed by atoms with Gasteiger partial charge < -0.3 is 14.2 Å². The largest absolute Gasteiger partial charge is 0.485 e. The molecule has 1 aromatic rings. The Labute approximate surface area is 137 Å². The SMILES string of the molecule is CCC1=C[C@H]2C(C=C1)Oc1ccccc1C21OCC(C)(C)CO1. The quantitative estimate of drug-likeness (QED) is 0.778. The summed E-state index contributed by atoms with van der Waals surface area (Å²) in [5.74, 6) is 0.181. The predicted molar refractivity (Wildman–Crippen MR) is 89.2 cm³/mol. The lowest BCUT2D eigenvalue weighted by Gasteiger charge is -2.51. The Kier molecular flexibility index (Phi) is 3.40. The Hall–Kier alpha value is -1.58. The second-order valence-electron chi connectivity index (χ2n) is 7.47. The number of fused-ring (bicyclic) bond motifs is 4. The molecule has 1 spiro atoms. The molecule has 1 aromatic carbocycles. The molecule has 0 aromatic heterocycles. The van der Waals surface area contributed by atoms with Crippen LogP contribution in [0.25, 0.3) is 0 Å². The van der Waals surface area contributed by atoms with Crippen LogP contribution < -0.4 is 4.74 Å². The molecule has 1 aliphatic carbocycles. The molecular formula is C20H24O3. The number of hydrogen-bond donors (Lipinski definition) is 0. The first-order valence-corrected chi connectivity index (χ1v) is 8.47. The Morgan fingerprint density at radius 2 is 1.87 bits per heavy atom. The minimum atomic E-state index is -0.736. The Bertz CT molecular complexity index is 661. The molecule has 0 N–H and O–H groups in total. The van der Waals surface area contributed by atoms with Crippen molar-refractivity contribution in [3.8, 4) is 5.75 Å². The highest BCUT2D eigenvalue weighted by Crippen LogP contribution is 2.51. The van der Waals surface area contributed by atoms with Gasteiger partial charge in [-0.05, 0) is 24.6 Å². The number of hydrogen-bond acceptors (Lipinski definition) is 3. The number of rotatable bonds is 1. The van der Waals surface area contributed by atoms with Gasteiger partial charge in [-0.3, -0.25) is 0 Å². The van der Waals surface area contributed by atoms with E-state index in [1.165, 1.54) is 5.57 Å². The van der Waals surface area contributed by atoms with Crippen molar-refractivity contribution in [2.75, 3.05) is 13.2 Å². The minimum absolute atomic E-state index is 0.0375. The standard InChI is InChI=1S/C20H24O3/c1-4-14-9-10-18-16(11-14)20(21-12-19(2,3)13-22-20)15-7-5-6-8-17(15)23-18/h5-11,16,18H,4,12-13H2,1-3H3/t16-,18?/m0/s1. The minimum Gasteiger partial charge on any atom is -0.485 e. The predicted octanol–water partition coefficient (Wildman–Crippen LogP) is 4.20. The topological polar surface area (TPSA) is 27.7 Å². The van der Waals surface area contributed by atoms with Crippen LogP contribution in [0.1, 0.15) is 32.8 Å². The zero-order valence-electron chi connectivity index (χ0n) is 14.0. The van der Waals surface area contributed by atoms with Crippen molar-refractivity contribution in [2.24, 2.45) is 11.3 Å². The van der Waals surface area contributed by atoms with Crippen molar-refractivity contribution in [3.05, 3.63) is 53.6 Å². The molecule has 0 amide bonds. The smallest absolute Gasteiger partial charge is 0.208 e. The highest BCUT2D eigenvalue weighted by Gasteiger charge is 2.54. The average molecular weight is 312 g/mol. The molecule has 0 saturated carbocycles. The number of para-hydroxylation sites is 1. The molecule has 1 saturated heterocycles. The van der Waals surface area contributed by atoms with Gasteiger partial charge in [-0.2, -0.15) is 0 Å². The van der Waals surface area contributed by atoms with Crippen LogP contribution in [0.15, 0.2) is 48.1 Å². The third-order valence-corrected chi connectivity index (χ3v) is 4.97. The van der Waals surface area contributed by atoms with Gasteiger partial charge in [0.15, 0.2) is 0 Å². The maximum atomic E-state index is 6.43. The van der Waals surface area contributed by atoms with Gasteiger partial charge >= 0.3 is 0 Å². The van der Waals surface area contributed by atoms with Gasteiger partial charge in [-0.1, -0.05) is 50.6 Å². The fourth-order valence-corrected chi connectivity index (χ4v) is 3.61. The van der Waals surface area contributed by atoms with E-state index in [2.05, 4.69) is 45.1 Å². The van der Waals surface area contributed by atoms with Gasteiger partial charge in [0.05, 0.1) is 24.7 Å². The highest BCUT2D eigenvalue weighted by atomic mass is 16.7. The van der Waals surface area contributed by atoms with Crippen LogP contribution in [-0.2, 0) is 15.3 Å². The summed E-state index contributed by atoms with van der Waals surface area (Å²) in [6, 6.07) is 8.10. The van der Waals surface area contributed by atoms with E-state index in [9.17, 15) is 0 Å². The van der Waals surface area contributed by atoms with Crippen molar-refractivity contribution < 1.29 is 14.2 Å². The zero-order chi connectivity index (χ0) is 16.1. The van der Waals surface area contributed by atoms with Crippen LogP contribution in [0.3, 0.4) is 0 Å². The van der Waals surface area contributed by atoms with E-state index in [1.54, 1.807) is 0 Å². The van der Waals surface area contributed by atoms with E-state index in [0.29, 0.717) is 13.2 Å². The summed E-state index contributed by atoms with van der Waals surface area (Å²) < 4.78 is 19.1. The molecule has 122 valence electrons. The first kappa shape index (κ1) is 15.0. The molecule has 2 heterocycles. The maximum Gasteiger partial charge on any atom is 0.208 e. The second-order valence-corrected chi connectivity index (χ2v) is 7.47. The summed E-state index contributed by atoms with van der Waals surface area (Å²) in [5, 5.41) is 0. The van der Waals surface area contributed by atoms with E-state index in [0.717, 1.165) is 17.7 Å². The molecule has 23 heavy (non-hydrogen) atoms. The third kappa shape index (κ3) is 2.34. The lowest BCUT2D eigenvalue weighted by Crippen LogP contribution is -2.55. The van der Waals surface area contributed by atoms with E-state index in [1.807, 2.05) is 18.2 Å². The molecule has 3 nitrogen and oxygen atoms in total. The average Bonchev–Trinajstić information content (AvgIpc) is 2.57. The molecule has 4 rings (SSSR count). The van der Waals surface area contributed by atoms with Gasteiger partial charge in [0.25, 0.3) is 0 Å². The molecule has 0 radical (unpaired) electrons. The summed E-state index contributed by atoms with van der Waals surface area (Å²) in [6.45, 7) is 7.90. The maximum absolute atomic E-state index is 6.43. The van der Waals surface area contributed by atoms with Gasteiger partial charge in [0, 0.05) is 5.41 Å². The molecule has 1 unspecified atom stereocenters. The fraction of sp³-hybridized carbons (Fsp3) is 0.500. The lowest BCUT2D eigenvalue weighted by molar-refractivity contribution is -0.337. The number of ether oxygens (including phenoxy) is 3. The van der Waals surface area contributed by atoms with Crippen molar-refractivity contribution >= 4 is 0 Å². The molecule has 2 atom stereocenters. The second kappa shape index (κ2) is 5.22. The van der Waals surface area contributed by atoms with E-state index in [4.69, 9.17) is 14.2 Å². The fourth-order valence-electron chi connectivity index (χ4n) is 3.61.